The maximum atomic E-state index is 13.1. The first-order valence-corrected chi connectivity index (χ1v) is 5.22. The van der Waals surface area contributed by atoms with Gasteiger partial charge in [-0.1, -0.05) is 6.07 Å². The van der Waals surface area contributed by atoms with Crippen LogP contribution in [-0.2, 0) is 0 Å². The lowest BCUT2D eigenvalue weighted by molar-refractivity contribution is 0.0694. The molecule has 0 bridgehead atoms. The predicted octanol–water partition coefficient (Wildman–Crippen LogP) is 1.98. The van der Waals surface area contributed by atoms with Gasteiger partial charge in [-0.05, 0) is 37.3 Å². The normalized spacial score (nSPS) is 10.3. The summed E-state index contributed by atoms with van der Waals surface area (Å²) in [6.07, 6.45) is 0. The summed E-state index contributed by atoms with van der Waals surface area (Å²) >= 11 is 0. The Morgan fingerprint density at radius 2 is 2.00 bits per heavy atom. The first kappa shape index (κ1) is 12.0. The van der Waals surface area contributed by atoms with E-state index in [0.717, 1.165) is 0 Å². The fourth-order valence-electron chi connectivity index (χ4n) is 1.73. The summed E-state index contributed by atoms with van der Waals surface area (Å²) in [7, 11) is 0. The van der Waals surface area contributed by atoms with Gasteiger partial charge in [-0.3, -0.25) is 9.36 Å². The summed E-state index contributed by atoms with van der Waals surface area (Å²) in [5, 5.41) is 8.90. The van der Waals surface area contributed by atoms with Gasteiger partial charge in [0, 0.05) is 5.69 Å². The van der Waals surface area contributed by atoms with Crippen LogP contribution in [0.3, 0.4) is 0 Å². The van der Waals surface area contributed by atoms with E-state index in [0.29, 0.717) is 11.4 Å². The molecule has 18 heavy (non-hydrogen) atoms. The molecule has 0 atom stereocenters. The molecule has 1 N–H and O–H groups in total. The monoisotopic (exact) mass is 247 g/mol. The third kappa shape index (κ3) is 2.02. The number of carboxylic acids is 1. The minimum Gasteiger partial charge on any atom is -0.477 e. The second-order valence-corrected chi connectivity index (χ2v) is 3.81. The van der Waals surface area contributed by atoms with Crippen LogP contribution in [0.15, 0.2) is 41.2 Å². The van der Waals surface area contributed by atoms with E-state index in [2.05, 4.69) is 0 Å². The quantitative estimate of drug-likeness (QED) is 0.882. The van der Waals surface area contributed by atoms with Gasteiger partial charge in [0.1, 0.15) is 11.4 Å². The average molecular weight is 247 g/mol. The van der Waals surface area contributed by atoms with Crippen LogP contribution in [0.5, 0.6) is 0 Å². The van der Waals surface area contributed by atoms with Crippen molar-refractivity contribution in [2.75, 3.05) is 0 Å². The molecule has 0 aliphatic rings. The molecule has 1 aromatic carbocycles. The van der Waals surface area contributed by atoms with Crippen molar-refractivity contribution in [3.05, 3.63) is 63.8 Å². The first-order valence-electron chi connectivity index (χ1n) is 5.22. The molecular formula is C13H10FNO3. The Morgan fingerprint density at radius 1 is 1.28 bits per heavy atom. The Morgan fingerprint density at radius 3 is 2.61 bits per heavy atom. The van der Waals surface area contributed by atoms with Gasteiger partial charge in [0.05, 0.1) is 5.69 Å². The van der Waals surface area contributed by atoms with E-state index in [1.165, 1.54) is 34.9 Å². The van der Waals surface area contributed by atoms with Gasteiger partial charge in [0.25, 0.3) is 5.56 Å². The topological polar surface area (TPSA) is 59.3 Å². The smallest absolute Gasteiger partial charge is 0.341 e. The van der Waals surface area contributed by atoms with Crippen LogP contribution < -0.4 is 5.56 Å². The molecule has 0 saturated carbocycles. The number of carbonyl (C=O) groups is 1. The number of hydrogen-bond acceptors (Lipinski definition) is 2. The van der Waals surface area contributed by atoms with Gasteiger partial charge >= 0.3 is 5.97 Å². The van der Waals surface area contributed by atoms with Crippen molar-refractivity contribution in [2.24, 2.45) is 0 Å². The van der Waals surface area contributed by atoms with Crippen LogP contribution >= 0.6 is 0 Å². The average Bonchev–Trinajstić information content (AvgIpc) is 2.28. The maximum Gasteiger partial charge on any atom is 0.341 e. The van der Waals surface area contributed by atoms with Crippen molar-refractivity contribution in [2.45, 2.75) is 6.92 Å². The molecule has 0 spiro atoms. The second kappa shape index (κ2) is 4.44. The van der Waals surface area contributed by atoms with E-state index in [9.17, 15) is 14.0 Å². The Labute approximate surface area is 102 Å². The van der Waals surface area contributed by atoms with Crippen molar-refractivity contribution >= 4 is 5.97 Å². The standard InChI is InChI=1S/C13H10FNO3/c1-8-5-6-11(13(17)18)12(16)15(8)10-4-2-3-9(14)7-10/h2-7H,1H3,(H,17,18). The molecule has 2 rings (SSSR count). The summed E-state index contributed by atoms with van der Waals surface area (Å²) in [6, 6.07) is 8.20. The van der Waals surface area contributed by atoms with Crippen molar-refractivity contribution in [3.63, 3.8) is 0 Å². The lowest BCUT2D eigenvalue weighted by Gasteiger charge is -2.10. The van der Waals surface area contributed by atoms with E-state index in [4.69, 9.17) is 5.11 Å². The van der Waals surface area contributed by atoms with Crippen molar-refractivity contribution < 1.29 is 14.3 Å². The molecule has 92 valence electrons. The van der Waals surface area contributed by atoms with Gasteiger partial charge in [0.2, 0.25) is 0 Å². The number of aryl methyl sites for hydroxylation is 1. The van der Waals surface area contributed by atoms with Gasteiger partial charge in [-0.25, -0.2) is 9.18 Å². The number of hydrogen-bond donors (Lipinski definition) is 1. The van der Waals surface area contributed by atoms with E-state index >= 15 is 0 Å². The second-order valence-electron chi connectivity index (χ2n) is 3.81. The summed E-state index contributed by atoms with van der Waals surface area (Å²) in [5.74, 6) is -1.79. The number of aromatic carboxylic acids is 1. The minimum absolute atomic E-state index is 0.306. The van der Waals surface area contributed by atoms with Crippen molar-refractivity contribution in [1.29, 1.82) is 0 Å². The van der Waals surface area contributed by atoms with Crippen LogP contribution in [0.1, 0.15) is 16.1 Å². The third-order valence-corrected chi connectivity index (χ3v) is 2.57. The highest BCUT2D eigenvalue weighted by atomic mass is 19.1. The molecule has 5 heteroatoms. The zero-order valence-electron chi connectivity index (χ0n) is 9.55. The van der Waals surface area contributed by atoms with Crippen molar-refractivity contribution in [1.82, 2.24) is 4.57 Å². The number of halogens is 1. The lowest BCUT2D eigenvalue weighted by Crippen LogP contribution is -2.26. The van der Waals surface area contributed by atoms with Crippen LogP contribution in [0, 0.1) is 12.7 Å². The molecule has 0 unspecified atom stereocenters. The van der Waals surface area contributed by atoms with E-state index < -0.39 is 17.3 Å². The zero-order chi connectivity index (χ0) is 13.3. The third-order valence-electron chi connectivity index (χ3n) is 2.57. The van der Waals surface area contributed by atoms with Crippen LogP contribution in [0.4, 0.5) is 4.39 Å². The molecule has 2 aromatic rings. The molecule has 0 aliphatic heterocycles. The van der Waals surface area contributed by atoms with E-state index in [-0.39, 0.29) is 5.56 Å². The van der Waals surface area contributed by atoms with E-state index in [1.807, 2.05) is 0 Å². The maximum absolute atomic E-state index is 13.1. The van der Waals surface area contributed by atoms with Gasteiger partial charge in [0.15, 0.2) is 0 Å². The van der Waals surface area contributed by atoms with Gasteiger partial charge < -0.3 is 5.11 Å². The molecule has 0 aliphatic carbocycles. The van der Waals surface area contributed by atoms with Crippen LogP contribution in [0.2, 0.25) is 0 Å². The van der Waals surface area contributed by atoms with Crippen molar-refractivity contribution in [3.8, 4) is 5.69 Å². The fourth-order valence-corrected chi connectivity index (χ4v) is 1.73. The number of aromatic nitrogens is 1. The van der Waals surface area contributed by atoms with Crippen LogP contribution in [0.25, 0.3) is 5.69 Å². The molecule has 1 aromatic heterocycles. The Bertz CT molecular complexity index is 676. The highest BCUT2D eigenvalue weighted by molar-refractivity contribution is 5.87. The largest absolute Gasteiger partial charge is 0.477 e. The Hall–Kier alpha value is -2.43. The highest BCUT2D eigenvalue weighted by Gasteiger charge is 2.13. The first-order chi connectivity index (χ1) is 8.50. The predicted molar refractivity (Wildman–Crippen MR) is 63.7 cm³/mol. The number of benzene rings is 1. The zero-order valence-corrected chi connectivity index (χ0v) is 9.55. The summed E-state index contributed by atoms with van der Waals surface area (Å²) in [4.78, 5) is 22.9. The number of carboxylic acid groups (broad SMARTS) is 1. The van der Waals surface area contributed by atoms with E-state index in [1.54, 1.807) is 13.0 Å². The van der Waals surface area contributed by atoms with Crippen LogP contribution in [-0.4, -0.2) is 15.6 Å². The Kier molecular flexibility index (Phi) is 2.97. The SMILES string of the molecule is Cc1ccc(C(=O)O)c(=O)n1-c1cccc(F)c1. The molecule has 0 amide bonds. The Balaban J connectivity index is 2.75. The summed E-state index contributed by atoms with van der Waals surface area (Å²) in [5.41, 5.74) is -0.172. The molecule has 4 nitrogen and oxygen atoms in total. The highest BCUT2D eigenvalue weighted by Crippen LogP contribution is 2.11. The summed E-state index contributed by atoms with van der Waals surface area (Å²) < 4.78 is 14.3. The molecule has 0 fully saturated rings. The number of rotatable bonds is 2. The number of pyridine rings is 1. The lowest BCUT2D eigenvalue weighted by atomic mass is 10.2. The number of nitrogens with zero attached hydrogens (tertiary/aromatic N) is 1. The molecule has 0 radical (unpaired) electrons. The van der Waals surface area contributed by atoms with Gasteiger partial charge in [-0.2, -0.15) is 0 Å². The molecule has 0 saturated heterocycles. The van der Waals surface area contributed by atoms with Gasteiger partial charge in [-0.15, -0.1) is 0 Å². The summed E-state index contributed by atoms with van der Waals surface area (Å²) in [6.45, 7) is 1.65. The molecule has 1 heterocycles. The molecular weight excluding hydrogens is 237 g/mol. The fraction of sp³-hybridized carbons (Fsp3) is 0.0769. The minimum atomic E-state index is -1.30.